The van der Waals surface area contributed by atoms with Crippen LogP contribution in [0.1, 0.15) is 24.3 Å². The number of carbonyl (C=O) groups is 2. The average Bonchev–Trinajstić information content (AvgIpc) is 2.37. The van der Waals surface area contributed by atoms with Crippen LogP contribution in [0, 0.1) is 0 Å². The fourth-order valence-corrected chi connectivity index (χ4v) is 2.03. The van der Waals surface area contributed by atoms with Gasteiger partial charge in [-0.2, -0.15) is 0 Å². The Morgan fingerprint density at radius 3 is 2.94 bits per heavy atom. The van der Waals surface area contributed by atoms with Crippen molar-refractivity contribution in [2.45, 2.75) is 18.8 Å². The molecule has 0 aromatic heterocycles. The molecule has 1 atom stereocenters. The number of ether oxygens (including phenoxy) is 1. The van der Waals surface area contributed by atoms with Gasteiger partial charge in [0, 0.05) is 12.1 Å². The standard InChI is InChI=1S/C13H15NO4/c15-12(16)5-7-14-13(17)10-6-8-18-11-4-2-1-3-9(10)11/h1-4,10H,5-8H2,(H,14,17)(H,15,16)/t10-/m0/s1. The second-order valence-electron chi connectivity index (χ2n) is 4.16. The second-order valence-corrected chi connectivity index (χ2v) is 4.16. The van der Waals surface area contributed by atoms with Gasteiger partial charge in [-0.3, -0.25) is 9.59 Å². The molecule has 2 N–H and O–H groups in total. The van der Waals surface area contributed by atoms with E-state index in [1.54, 1.807) is 0 Å². The van der Waals surface area contributed by atoms with E-state index in [-0.39, 0.29) is 24.8 Å². The SMILES string of the molecule is O=C(O)CCNC(=O)[C@H]1CCOc2ccccc21. The number of fused-ring (bicyclic) bond motifs is 1. The van der Waals surface area contributed by atoms with Gasteiger partial charge < -0.3 is 15.2 Å². The predicted molar refractivity (Wildman–Crippen MR) is 64.6 cm³/mol. The first-order chi connectivity index (χ1) is 8.68. The lowest BCUT2D eigenvalue weighted by molar-refractivity contribution is -0.137. The smallest absolute Gasteiger partial charge is 0.305 e. The Morgan fingerprint density at radius 2 is 2.17 bits per heavy atom. The lowest BCUT2D eigenvalue weighted by Crippen LogP contribution is -2.33. The molecule has 5 nitrogen and oxygen atoms in total. The molecular weight excluding hydrogens is 234 g/mol. The summed E-state index contributed by atoms with van der Waals surface area (Å²) in [7, 11) is 0. The summed E-state index contributed by atoms with van der Waals surface area (Å²) in [5.74, 6) is -0.555. The Morgan fingerprint density at radius 1 is 1.39 bits per heavy atom. The Hall–Kier alpha value is -2.04. The van der Waals surface area contributed by atoms with E-state index in [0.29, 0.717) is 13.0 Å². The molecule has 0 aliphatic carbocycles. The van der Waals surface area contributed by atoms with Crippen LogP contribution in [0.5, 0.6) is 5.75 Å². The van der Waals surface area contributed by atoms with Crippen LogP contribution in [-0.2, 0) is 9.59 Å². The maximum Gasteiger partial charge on any atom is 0.305 e. The molecule has 0 bridgehead atoms. The van der Waals surface area contributed by atoms with Crippen molar-refractivity contribution in [3.8, 4) is 5.75 Å². The topological polar surface area (TPSA) is 75.6 Å². The summed E-state index contributed by atoms with van der Waals surface area (Å²) < 4.78 is 5.47. The zero-order valence-corrected chi connectivity index (χ0v) is 9.89. The summed E-state index contributed by atoms with van der Waals surface area (Å²) in [6.07, 6.45) is 0.562. The van der Waals surface area contributed by atoms with Gasteiger partial charge in [0.25, 0.3) is 0 Å². The van der Waals surface area contributed by atoms with E-state index >= 15 is 0 Å². The molecule has 18 heavy (non-hydrogen) atoms. The van der Waals surface area contributed by atoms with Crippen LogP contribution in [0.15, 0.2) is 24.3 Å². The third kappa shape index (κ3) is 2.80. The number of hydrogen-bond acceptors (Lipinski definition) is 3. The maximum atomic E-state index is 12.0. The Kier molecular flexibility index (Phi) is 3.82. The van der Waals surface area contributed by atoms with Gasteiger partial charge in [0.2, 0.25) is 5.91 Å². The first kappa shape index (κ1) is 12.4. The molecule has 0 saturated heterocycles. The molecule has 0 fully saturated rings. The first-order valence-electron chi connectivity index (χ1n) is 5.89. The van der Waals surface area contributed by atoms with E-state index in [9.17, 15) is 9.59 Å². The lowest BCUT2D eigenvalue weighted by Gasteiger charge is -2.24. The van der Waals surface area contributed by atoms with Crippen LogP contribution in [0.2, 0.25) is 0 Å². The summed E-state index contributed by atoms with van der Waals surface area (Å²) in [6.45, 7) is 0.668. The minimum Gasteiger partial charge on any atom is -0.493 e. The normalized spacial score (nSPS) is 17.4. The van der Waals surface area contributed by atoms with Crippen molar-refractivity contribution in [2.75, 3.05) is 13.2 Å². The predicted octanol–water partition coefficient (Wildman–Crippen LogP) is 1.14. The molecule has 1 aliphatic heterocycles. The maximum absolute atomic E-state index is 12.0. The Bertz CT molecular complexity index is 458. The van der Waals surface area contributed by atoms with Gasteiger partial charge in [0.1, 0.15) is 5.75 Å². The van der Waals surface area contributed by atoms with Gasteiger partial charge >= 0.3 is 5.97 Å². The summed E-state index contributed by atoms with van der Waals surface area (Å²) in [5, 5.41) is 11.2. The first-order valence-corrected chi connectivity index (χ1v) is 5.89. The van der Waals surface area contributed by atoms with Crippen molar-refractivity contribution >= 4 is 11.9 Å². The third-order valence-electron chi connectivity index (χ3n) is 2.91. The van der Waals surface area contributed by atoms with E-state index < -0.39 is 5.97 Å². The number of carboxylic acid groups (broad SMARTS) is 1. The highest BCUT2D eigenvalue weighted by molar-refractivity contribution is 5.85. The highest BCUT2D eigenvalue weighted by Crippen LogP contribution is 2.33. The summed E-state index contributed by atoms with van der Waals surface area (Å²) >= 11 is 0. The van der Waals surface area contributed by atoms with Crippen LogP contribution in [0.4, 0.5) is 0 Å². The van der Waals surface area contributed by atoms with E-state index in [1.165, 1.54) is 0 Å². The number of hydrogen-bond donors (Lipinski definition) is 2. The quantitative estimate of drug-likeness (QED) is 0.839. The molecule has 5 heteroatoms. The molecule has 2 rings (SSSR count). The third-order valence-corrected chi connectivity index (χ3v) is 2.91. The number of nitrogens with one attached hydrogen (secondary N) is 1. The molecule has 1 amide bonds. The van der Waals surface area contributed by atoms with Crippen LogP contribution < -0.4 is 10.1 Å². The largest absolute Gasteiger partial charge is 0.493 e. The molecule has 1 heterocycles. The molecule has 0 unspecified atom stereocenters. The van der Waals surface area contributed by atoms with Gasteiger partial charge in [0.15, 0.2) is 0 Å². The van der Waals surface area contributed by atoms with E-state index in [0.717, 1.165) is 11.3 Å². The van der Waals surface area contributed by atoms with Gasteiger partial charge in [-0.15, -0.1) is 0 Å². The zero-order valence-electron chi connectivity index (χ0n) is 9.89. The fourth-order valence-electron chi connectivity index (χ4n) is 2.03. The molecular formula is C13H15NO4. The molecule has 0 saturated carbocycles. The minimum absolute atomic E-state index is 0.0589. The number of benzene rings is 1. The highest BCUT2D eigenvalue weighted by Gasteiger charge is 2.26. The number of para-hydroxylation sites is 1. The van der Waals surface area contributed by atoms with Gasteiger partial charge in [-0.25, -0.2) is 0 Å². The van der Waals surface area contributed by atoms with Crippen LogP contribution in [-0.4, -0.2) is 30.1 Å². The van der Waals surface area contributed by atoms with Crippen molar-refractivity contribution in [3.63, 3.8) is 0 Å². The average molecular weight is 249 g/mol. The van der Waals surface area contributed by atoms with E-state index in [1.807, 2.05) is 24.3 Å². The van der Waals surface area contributed by atoms with Crippen molar-refractivity contribution in [3.05, 3.63) is 29.8 Å². The van der Waals surface area contributed by atoms with Gasteiger partial charge in [-0.05, 0) is 12.5 Å². The molecule has 0 spiro atoms. The number of carbonyl (C=O) groups excluding carboxylic acids is 1. The minimum atomic E-state index is -0.914. The monoisotopic (exact) mass is 249 g/mol. The lowest BCUT2D eigenvalue weighted by atomic mass is 9.92. The van der Waals surface area contributed by atoms with Crippen LogP contribution in [0.3, 0.4) is 0 Å². The van der Waals surface area contributed by atoms with Crippen molar-refractivity contribution < 1.29 is 19.4 Å². The zero-order chi connectivity index (χ0) is 13.0. The van der Waals surface area contributed by atoms with Crippen molar-refractivity contribution in [1.82, 2.24) is 5.32 Å². The molecule has 1 aromatic rings. The summed E-state index contributed by atoms with van der Waals surface area (Å²) in [4.78, 5) is 22.4. The number of amides is 1. The highest BCUT2D eigenvalue weighted by atomic mass is 16.5. The molecule has 96 valence electrons. The fraction of sp³-hybridized carbons (Fsp3) is 0.385. The Balaban J connectivity index is 2.01. The van der Waals surface area contributed by atoms with E-state index in [2.05, 4.69) is 5.32 Å². The Labute approximate surface area is 105 Å². The molecule has 1 aliphatic rings. The summed E-state index contributed by atoms with van der Waals surface area (Å²) in [6, 6.07) is 7.44. The van der Waals surface area contributed by atoms with Crippen LogP contribution in [0.25, 0.3) is 0 Å². The van der Waals surface area contributed by atoms with Crippen molar-refractivity contribution in [1.29, 1.82) is 0 Å². The number of aliphatic carboxylic acids is 1. The molecule has 1 aromatic carbocycles. The second kappa shape index (κ2) is 5.53. The number of carboxylic acids is 1. The number of rotatable bonds is 4. The van der Waals surface area contributed by atoms with Gasteiger partial charge in [-0.1, -0.05) is 18.2 Å². The van der Waals surface area contributed by atoms with Crippen LogP contribution >= 0.6 is 0 Å². The molecule has 0 radical (unpaired) electrons. The summed E-state index contributed by atoms with van der Waals surface area (Å²) in [5.41, 5.74) is 0.872. The van der Waals surface area contributed by atoms with Crippen molar-refractivity contribution in [2.24, 2.45) is 0 Å². The van der Waals surface area contributed by atoms with E-state index in [4.69, 9.17) is 9.84 Å². The van der Waals surface area contributed by atoms with Gasteiger partial charge in [0.05, 0.1) is 18.9 Å².